The van der Waals surface area contributed by atoms with E-state index in [4.69, 9.17) is 4.74 Å². The molecule has 0 saturated heterocycles. The molecule has 0 fully saturated rings. The van der Waals surface area contributed by atoms with E-state index in [2.05, 4.69) is 25.3 Å². The van der Waals surface area contributed by atoms with Gasteiger partial charge in [0.15, 0.2) is 0 Å². The molecular weight excluding hydrogens is 452 g/mol. The fourth-order valence-corrected chi connectivity index (χ4v) is 4.12. The fourth-order valence-electron chi connectivity index (χ4n) is 3.50. The van der Waals surface area contributed by atoms with Crippen LogP contribution < -0.4 is 20.5 Å². The van der Waals surface area contributed by atoms with Crippen LogP contribution in [-0.2, 0) is 0 Å². The number of ether oxygens (including phenoxy) is 1. The SMILES string of the molecule is COc1cccc(N(C)c2nc(-c3ccc4nc(NC(=O)c5cccs5)[nH]c4c3)cc(=O)[nH]2)c1. The molecule has 9 nitrogen and oxygen atoms in total. The lowest BCUT2D eigenvalue weighted by Gasteiger charge is -2.19. The van der Waals surface area contributed by atoms with E-state index in [0.717, 1.165) is 11.3 Å². The Morgan fingerprint density at radius 1 is 1.06 bits per heavy atom. The van der Waals surface area contributed by atoms with E-state index in [9.17, 15) is 9.59 Å². The molecule has 0 saturated carbocycles. The molecule has 170 valence electrons. The number of carbonyl (C=O) groups excluding carboxylic acids is 1. The summed E-state index contributed by atoms with van der Waals surface area (Å²) in [6.07, 6.45) is 0. The maximum Gasteiger partial charge on any atom is 0.268 e. The zero-order chi connectivity index (χ0) is 23.7. The molecule has 0 atom stereocenters. The van der Waals surface area contributed by atoms with Crippen LogP contribution in [0.15, 0.2) is 70.8 Å². The lowest BCUT2D eigenvalue weighted by atomic mass is 10.1. The quantitative estimate of drug-likeness (QED) is 0.337. The topological polar surface area (TPSA) is 116 Å². The van der Waals surface area contributed by atoms with Gasteiger partial charge in [-0.15, -0.1) is 11.3 Å². The van der Waals surface area contributed by atoms with Crippen LogP contribution in [0.3, 0.4) is 0 Å². The number of hydrogen-bond acceptors (Lipinski definition) is 7. The van der Waals surface area contributed by atoms with Crippen molar-refractivity contribution in [3.63, 3.8) is 0 Å². The molecule has 0 aliphatic heterocycles. The van der Waals surface area contributed by atoms with Gasteiger partial charge in [-0.3, -0.25) is 19.9 Å². The van der Waals surface area contributed by atoms with Crippen molar-refractivity contribution in [3.8, 4) is 17.0 Å². The number of rotatable bonds is 6. The highest BCUT2D eigenvalue weighted by molar-refractivity contribution is 7.12. The minimum Gasteiger partial charge on any atom is -0.497 e. The third-order valence-electron chi connectivity index (χ3n) is 5.24. The number of aromatic nitrogens is 4. The Bertz CT molecular complexity index is 1540. The number of anilines is 3. The molecule has 0 spiro atoms. The van der Waals surface area contributed by atoms with Gasteiger partial charge >= 0.3 is 0 Å². The smallest absolute Gasteiger partial charge is 0.268 e. The molecule has 10 heteroatoms. The summed E-state index contributed by atoms with van der Waals surface area (Å²) in [5.41, 5.74) is 3.18. The third-order valence-corrected chi connectivity index (χ3v) is 6.11. The van der Waals surface area contributed by atoms with Crippen molar-refractivity contribution in [2.45, 2.75) is 0 Å². The third kappa shape index (κ3) is 4.26. The standard InChI is InChI=1S/C24H20N6O3S/c1-30(15-5-3-6-16(12-15)33-2)24-27-18(13-21(31)28-24)14-8-9-17-19(11-14)26-23(25-17)29-22(32)20-7-4-10-34-20/h3-13H,1-2H3,(H,27,28,31)(H2,25,26,29,32). The van der Waals surface area contributed by atoms with Gasteiger partial charge in [0.25, 0.3) is 11.5 Å². The van der Waals surface area contributed by atoms with E-state index in [1.54, 1.807) is 18.1 Å². The molecule has 0 aliphatic rings. The lowest BCUT2D eigenvalue weighted by molar-refractivity contribution is 0.103. The summed E-state index contributed by atoms with van der Waals surface area (Å²) in [6.45, 7) is 0. The van der Waals surface area contributed by atoms with Crippen LogP contribution in [0.25, 0.3) is 22.3 Å². The number of nitrogens with one attached hydrogen (secondary N) is 3. The first-order valence-electron chi connectivity index (χ1n) is 10.3. The molecule has 34 heavy (non-hydrogen) atoms. The summed E-state index contributed by atoms with van der Waals surface area (Å²) in [7, 11) is 3.42. The highest BCUT2D eigenvalue weighted by Crippen LogP contribution is 2.27. The molecular formula is C24H20N6O3S. The first-order valence-corrected chi connectivity index (χ1v) is 11.2. The Kier molecular flexibility index (Phi) is 5.56. The minimum absolute atomic E-state index is 0.226. The summed E-state index contributed by atoms with van der Waals surface area (Å²) in [5.74, 6) is 1.22. The van der Waals surface area contributed by atoms with Crippen LogP contribution in [-0.4, -0.2) is 40.0 Å². The van der Waals surface area contributed by atoms with E-state index in [1.807, 2.05) is 61.0 Å². The van der Waals surface area contributed by atoms with Crippen molar-refractivity contribution in [2.24, 2.45) is 0 Å². The van der Waals surface area contributed by atoms with E-state index in [1.165, 1.54) is 17.4 Å². The van der Waals surface area contributed by atoms with Gasteiger partial charge in [-0.1, -0.05) is 18.2 Å². The monoisotopic (exact) mass is 472 g/mol. The predicted octanol–water partition coefficient (Wildman–Crippen LogP) is 4.40. The first kappa shape index (κ1) is 21.4. The molecule has 0 unspecified atom stereocenters. The maximum absolute atomic E-state index is 12.4. The number of fused-ring (bicyclic) bond motifs is 1. The zero-order valence-corrected chi connectivity index (χ0v) is 19.1. The summed E-state index contributed by atoms with van der Waals surface area (Å²) in [4.78, 5) is 42.1. The summed E-state index contributed by atoms with van der Waals surface area (Å²) in [6, 6.07) is 18.0. The van der Waals surface area contributed by atoms with Crippen LogP contribution in [0.5, 0.6) is 5.75 Å². The molecule has 3 N–H and O–H groups in total. The number of nitrogens with zero attached hydrogens (tertiary/aromatic N) is 3. The molecule has 5 aromatic rings. The number of methoxy groups -OCH3 is 1. The highest BCUT2D eigenvalue weighted by Gasteiger charge is 2.13. The number of benzene rings is 2. The molecule has 0 aliphatic carbocycles. The van der Waals surface area contributed by atoms with Crippen LogP contribution in [0.4, 0.5) is 17.6 Å². The van der Waals surface area contributed by atoms with Crippen molar-refractivity contribution >= 4 is 45.9 Å². The Morgan fingerprint density at radius 2 is 1.94 bits per heavy atom. The van der Waals surface area contributed by atoms with Crippen LogP contribution in [0, 0.1) is 0 Å². The summed E-state index contributed by atoms with van der Waals surface area (Å²) >= 11 is 1.36. The molecule has 0 bridgehead atoms. The van der Waals surface area contributed by atoms with E-state index in [-0.39, 0.29) is 11.5 Å². The van der Waals surface area contributed by atoms with Gasteiger partial charge in [-0.05, 0) is 35.7 Å². The van der Waals surface area contributed by atoms with E-state index in [0.29, 0.717) is 39.3 Å². The number of amides is 1. The Balaban J connectivity index is 1.45. The van der Waals surface area contributed by atoms with Crippen LogP contribution in [0.1, 0.15) is 9.67 Å². The van der Waals surface area contributed by atoms with Crippen LogP contribution in [0.2, 0.25) is 0 Å². The van der Waals surface area contributed by atoms with Gasteiger partial charge in [0, 0.05) is 30.4 Å². The Hall–Kier alpha value is -4.44. The van der Waals surface area contributed by atoms with Crippen molar-refractivity contribution in [1.29, 1.82) is 0 Å². The second kappa shape index (κ2) is 8.83. The Labute approximate surface area is 198 Å². The van der Waals surface area contributed by atoms with Gasteiger partial charge < -0.3 is 14.6 Å². The maximum atomic E-state index is 12.4. The summed E-state index contributed by atoms with van der Waals surface area (Å²) in [5, 5.41) is 4.61. The molecule has 2 aromatic carbocycles. The predicted molar refractivity (Wildman–Crippen MR) is 133 cm³/mol. The number of thiophene rings is 1. The zero-order valence-electron chi connectivity index (χ0n) is 18.3. The van der Waals surface area contributed by atoms with Crippen LogP contribution >= 0.6 is 11.3 Å². The van der Waals surface area contributed by atoms with Gasteiger partial charge in [0.05, 0.1) is 28.7 Å². The number of hydrogen-bond donors (Lipinski definition) is 3. The van der Waals surface area contributed by atoms with Gasteiger partial charge in [-0.25, -0.2) is 9.97 Å². The molecule has 3 aromatic heterocycles. The van der Waals surface area contributed by atoms with Gasteiger partial charge in [-0.2, -0.15) is 0 Å². The minimum atomic E-state index is -0.275. The highest BCUT2D eigenvalue weighted by atomic mass is 32.1. The second-order valence-corrected chi connectivity index (χ2v) is 8.41. The van der Waals surface area contributed by atoms with Crippen molar-refractivity contribution in [3.05, 3.63) is 81.3 Å². The van der Waals surface area contributed by atoms with E-state index < -0.39 is 0 Å². The number of aromatic amines is 2. The van der Waals surface area contributed by atoms with E-state index >= 15 is 0 Å². The average Bonchev–Trinajstić information content (AvgIpc) is 3.52. The molecule has 0 radical (unpaired) electrons. The molecule has 5 rings (SSSR count). The Morgan fingerprint density at radius 3 is 2.74 bits per heavy atom. The van der Waals surface area contributed by atoms with Crippen molar-refractivity contribution in [1.82, 2.24) is 19.9 Å². The molecule has 1 amide bonds. The van der Waals surface area contributed by atoms with Gasteiger partial charge in [0.2, 0.25) is 11.9 Å². The summed E-state index contributed by atoms with van der Waals surface area (Å²) < 4.78 is 5.29. The molecule has 3 heterocycles. The second-order valence-electron chi connectivity index (χ2n) is 7.46. The number of imidazole rings is 1. The largest absolute Gasteiger partial charge is 0.497 e. The normalized spacial score (nSPS) is 10.9. The average molecular weight is 473 g/mol. The number of H-pyrrole nitrogens is 2. The number of carbonyl (C=O) groups is 1. The van der Waals surface area contributed by atoms with Crippen molar-refractivity contribution < 1.29 is 9.53 Å². The van der Waals surface area contributed by atoms with Crippen molar-refractivity contribution in [2.75, 3.05) is 24.4 Å². The first-order chi connectivity index (χ1) is 16.5. The lowest BCUT2D eigenvalue weighted by Crippen LogP contribution is -2.18. The fraction of sp³-hybridized carbons (Fsp3) is 0.0833. The van der Waals surface area contributed by atoms with Gasteiger partial charge in [0.1, 0.15) is 5.75 Å².